The van der Waals surface area contributed by atoms with Crippen LogP contribution in [-0.2, 0) is 6.42 Å². The molecule has 0 bridgehead atoms. The molecule has 0 saturated heterocycles. The summed E-state index contributed by atoms with van der Waals surface area (Å²) in [6.07, 6.45) is 4.85. The number of rotatable bonds is 5. The highest BCUT2D eigenvalue weighted by Gasteiger charge is 2.20. The molecule has 2 N–H and O–H groups in total. The van der Waals surface area contributed by atoms with Gasteiger partial charge in [0.1, 0.15) is 5.82 Å². The lowest BCUT2D eigenvalue weighted by Gasteiger charge is -2.30. The largest absolute Gasteiger partial charge is 0.368 e. The summed E-state index contributed by atoms with van der Waals surface area (Å²) in [5.74, 6) is 3.16. The predicted molar refractivity (Wildman–Crippen MR) is 73.4 cm³/mol. The third-order valence-electron chi connectivity index (χ3n) is 3.38. The average Bonchev–Trinajstić information content (AvgIpc) is 2.21. The fraction of sp³-hybridized carbons (Fsp3) is 0.769. The molecule has 0 radical (unpaired) electrons. The Morgan fingerprint density at radius 2 is 2.00 bits per heavy atom. The first-order valence-electron chi connectivity index (χ1n) is 6.76. The first kappa shape index (κ1) is 13.1. The molecule has 0 amide bonds. The number of nitrogen functional groups attached to an aromatic ring is 1. The topological polar surface area (TPSA) is 67.9 Å². The highest BCUT2D eigenvalue weighted by molar-refractivity contribution is 5.33. The van der Waals surface area contributed by atoms with Gasteiger partial charge in [-0.05, 0) is 24.7 Å². The zero-order chi connectivity index (χ0) is 13.1. The fourth-order valence-corrected chi connectivity index (χ4v) is 2.20. The standard InChI is InChI=1S/C13H23N5/c1-9(2)7-11-15-12(14)17-13(16-11)18(3)8-10-5-4-6-10/h9-10H,4-8H2,1-3H3,(H2,14,15,16,17). The minimum absolute atomic E-state index is 0.330. The monoisotopic (exact) mass is 249 g/mol. The van der Waals surface area contributed by atoms with Crippen molar-refractivity contribution in [2.75, 3.05) is 24.2 Å². The Bertz CT molecular complexity index is 400. The molecule has 0 spiro atoms. The smallest absolute Gasteiger partial charge is 0.230 e. The van der Waals surface area contributed by atoms with E-state index < -0.39 is 0 Å². The van der Waals surface area contributed by atoms with E-state index in [9.17, 15) is 0 Å². The SMILES string of the molecule is CC(C)Cc1nc(N)nc(N(C)CC2CCC2)n1. The van der Waals surface area contributed by atoms with Crippen molar-refractivity contribution < 1.29 is 0 Å². The molecule has 0 aliphatic heterocycles. The van der Waals surface area contributed by atoms with Crippen molar-refractivity contribution in [2.24, 2.45) is 11.8 Å². The van der Waals surface area contributed by atoms with Crippen LogP contribution in [0, 0.1) is 11.8 Å². The summed E-state index contributed by atoms with van der Waals surface area (Å²) >= 11 is 0. The van der Waals surface area contributed by atoms with E-state index in [4.69, 9.17) is 5.73 Å². The lowest BCUT2D eigenvalue weighted by molar-refractivity contribution is 0.320. The maximum absolute atomic E-state index is 5.76. The molecule has 1 fully saturated rings. The third-order valence-corrected chi connectivity index (χ3v) is 3.38. The Morgan fingerprint density at radius 3 is 2.56 bits per heavy atom. The van der Waals surface area contributed by atoms with Crippen LogP contribution in [0.3, 0.4) is 0 Å². The Kier molecular flexibility index (Phi) is 3.99. The number of hydrogen-bond donors (Lipinski definition) is 1. The number of anilines is 2. The van der Waals surface area contributed by atoms with Crippen LogP contribution >= 0.6 is 0 Å². The van der Waals surface area contributed by atoms with Crippen LogP contribution in [0.1, 0.15) is 38.9 Å². The molecular weight excluding hydrogens is 226 g/mol. The van der Waals surface area contributed by atoms with Crippen molar-refractivity contribution in [1.82, 2.24) is 15.0 Å². The van der Waals surface area contributed by atoms with Crippen LogP contribution < -0.4 is 10.6 Å². The van der Waals surface area contributed by atoms with Gasteiger partial charge in [0.15, 0.2) is 0 Å². The molecule has 5 nitrogen and oxygen atoms in total. The van der Waals surface area contributed by atoms with Gasteiger partial charge < -0.3 is 10.6 Å². The summed E-state index contributed by atoms with van der Waals surface area (Å²) in [6.45, 7) is 5.32. The normalized spacial score (nSPS) is 15.8. The molecule has 18 heavy (non-hydrogen) atoms. The van der Waals surface area contributed by atoms with Gasteiger partial charge in [0.05, 0.1) is 0 Å². The van der Waals surface area contributed by atoms with Crippen LogP contribution in [0.25, 0.3) is 0 Å². The zero-order valence-electron chi connectivity index (χ0n) is 11.6. The molecule has 1 aromatic heterocycles. The van der Waals surface area contributed by atoms with Gasteiger partial charge in [0.25, 0.3) is 0 Å². The molecule has 1 heterocycles. The van der Waals surface area contributed by atoms with Crippen LogP contribution in [0.5, 0.6) is 0 Å². The Hall–Kier alpha value is -1.39. The van der Waals surface area contributed by atoms with Gasteiger partial charge in [-0.25, -0.2) is 0 Å². The van der Waals surface area contributed by atoms with Gasteiger partial charge in [-0.2, -0.15) is 15.0 Å². The molecule has 1 aliphatic rings. The maximum Gasteiger partial charge on any atom is 0.230 e. The Labute approximate surface area is 109 Å². The lowest BCUT2D eigenvalue weighted by Crippen LogP contribution is -2.31. The molecule has 0 aromatic carbocycles. The first-order valence-corrected chi connectivity index (χ1v) is 6.76. The summed E-state index contributed by atoms with van der Waals surface area (Å²) in [5.41, 5.74) is 5.76. The van der Waals surface area contributed by atoms with Crippen molar-refractivity contribution in [2.45, 2.75) is 39.5 Å². The minimum Gasteiger partial charge on any atom is -0.368 e. The van der Waals surface area contributed by atoms with Gasteiger partial charge in [-0.15, -0.1) is 0 Å². The van der Waals surface area contributed by atoms with E-state index in [-0.39, 0.29) is 0 Å². The molecule has 0 unspecified atom stereocenters. The molecule has 100 valence electrons. The van der Waals surface area contributed by atoms with Crippen molar-refractivity contribution in [3.63, 3.8) is 0 Å². The van der Waals surface area contributed by atoms with Gasteiger partial charge in [-0.3, -0.25) is 0 Å². The molecule has 1 saturated carbocycles. The van der Waals surface area contributed by atoms with E-state index >= 15 is 0 Å². The second kappa shape index (κ2) is 5.50. The van der Waals surface area contributed by atoms with E-state index in [1.807, 2.05) is 7.05 Å². The summed E-state index contributed by atoms with van der Waals surface area (Å²) in [7, 11) is 2.03. The third kappa shape index (κ3) is 3.31. The van der Waals surface area contributed by atoms with Crippen molar-refractivity contribution in [1.29, 1.82) is 0 Å². The lowest BCUT2D eigenvalue weighted by atomic mass is 9.85. The number of aromatic nitrogens is 3. The molecular formula is C13H23N5. The number of nitrogens with zero attached hydrogens (tertiary/aromatic N) is 4. The fourth-order valence-electron chi connectivity index (χ4n) is 2.20. The van der Waals surface area contributed by atoms with Gasteiger partial charge in [0.2, 0.25) is 11.9 Å². The summed E-state index contributed by atoms with van der Waals surface area (Å²) < 4.78 is 0. The predicted octanol–water partition coefficient (Wildman–Crippen LogP) is 1.89. The van der Waals surface area contributed by atoms with Crippen molar-refractivity contribution >= 4 is 11.9 Å². The van der Waals surface area contributed by atoms with E-state index in [1.54, 1.807) is 0 Å². The Morgan fingerprint density at radius 1 is 1.28 bits per heavy atom. The van der Waals surface area contributed by atoms with E-state index in [0.29, 0.717) is 17.8 Å². The molecule has 2 rings (SSSR count). The molecule has 1 aromatic rings. The van der Waals surface area contributed by atoms with E-state index in [1.165, 1.54) is 19.3 Å². The summed E-state index contributed by atoms with van der Waals surface area (Å²) in [4.78, 5) is 15.0. The molecule has 0 atom stereocenters. The summed E-state index contributed by atoms with van der Waals surface area (Å²) in [5, 5.41) is 0. The first-order chi connectivity index (χ1) is 8.54. The number of hydrogen-bond acceptors (Lipinski definition) is 5. The van der Waals surface area contributed by atoms with Crippen LogP contribution in [0.15, 0.2) is 0 Å². The zero-order valence-corrected chi connectivity index (χ0v) is 11.6. The van der Waals surface area contributed by atoms with Crippen LogP contribution in [0.2, 0.25) is 0 Å². The van der Waals surface area contributed by atoms with Gasteiger partial charge in [0, 0.05) is 20.0 Å². The van der Waals surface area contributed by atoms with Gasteiger partial charge in [-0.1, -0.05) is 20.3 Å². The van der Waals surface area contributed by atoms with Crippen molar-refractivity contribution in [3.05, 3.63) is 5.82 Å². The summed E-state index contributed by atoms with van der Waals surface area (Å²) in [6, 6.07) is 0. The average molecular weight is 249 g/mol. The number of nitrogens with two attached hydrogens (primary N) is 1. The Balaban J connectivity index is 2.07. The second-order valence-electron chi connectivity index (χ2n) is 5.69. The highest BCUT2D eigenvalue weighted by Crippen LogP contribution is 2.27. The molecule has 5 heteroatoms. The molecule has 1 aliphatic carbocycles. The second-order valence-corrected chi connectivity index (χ2v) is 5.69. The quantitative estimate of drug-likeness (QED) is 0.863. The van der Waals surface area contributed by atoms with Crippen LogP contribution in [0.4, 0.5) is 11.9 Å². The van der Waals surface area contributed by atoms with Crippen LogP contribution in [-0.4, -0.2) is 28.5 Å². The van der Waals surface area contributed by atoms with Gasteiger partial charge >= 0.3 is 0 Å². The van der Waals surface area contributed by atoms with Crippen molar-refractivity contribution in [3.8, 4) is 0 Å². The maximum atomic E-state index is 5.76. The minimum atomic E-state index is 0.330. The highest BCUT2D eigenvalue weighted by atomic mass is 15.3. The van der Waals surface area contributed by atoms with E-state index in [0.717, 1.165) is 24.7 Å². The van der Waals surface area contributed by atoms with E-state index in [2.05, 4.69) is 33.7 Å².